The van der Waals surface area contributed by atoms with Gasteiger partial charge in [0.1, 0.15) is 18.2 Å². The molecule has 0 bridgehead atoms. The number of ether oxygens (including phenoxy) is 1. The number of nitrogens with zero attached hydrogens (tertiary/aromatic N) is 1. The maximum atomic E-state index is 13.6. The second kappa shape index (κ2) is 6.51. The van der Waals surface area contributed by atoms with E-state index in [0.717, 1.165) is 0 Å². The van der Waals surface area contributed by atoms with Crippen molar-refractivity contribution in [1.82, 2.24) is 0 Å². The molecule has 0 aliphatic rings. The van der Waals surface area contributed by atoms with Gasteiger partial charge in [0.25, 0.3) is 5.69 Å². The van der Waals surface area contributed by atoms with Gasteiger partial charge in [-0.05, 0) is 18.2 Å². The highest BCUT2D eigenvalue weighted by atomic mass is 35.5. The molecule has 0 amide bonds. The molecule has 2 N–H and O–H groups in total. The molecule has 0 fully saturated rings. The summed E-state index contributed by atoms with van der Waals surface area (Å²) in [6.07, 6.45) is 0. The molecule has 0 spiro atoms. The first-order valence-corrected chi connectivity index (χ1v) is 6.43. The Morgan fingerprint density at radius 2 is 2.10 bits per heavy atom. The monoisotopic (exact) mass is 310 g/mol. The van der Waals surface area contributed by atoms with Crippen LogP contribution in [0.2, 0.25) is 5.02 Å². The topological polar surface area (TPSA) is 78.4 Å². The SMILES string of the molecule is NCc1cc([N+](=O)[O-])ccc1OCc1c(F)cccc1Cl. The van der Waals surface area contributed by atoms with E-state index in [0.29, 0.717) is 11.3 Å². The first-order chi connectivity index (χ1) is 10.0. The predicted molar refractivity (Wildman–Crippen MR) is 76.7 cm³/mol. The average Bonchev–Trinajstić information content (AvgIpc) is 2.46. The molecule has 0 aliphatic heterocycles. The zero-order valence-corrected chi connectivity index (χ0v) is 11.6. The van der Waals surface area contributed by atoms with Gasteiger partial charge in [0.05, 0.1) is 9.95 Å². The van der Waals surface area contributed by atoms with Crippen molar-refractivity contribution in [3.63, 3.8) is 0 Å². The Bertz CT molecular complexity index is 659. The van der Waals surface area contributed by atoms with Gasteiger partial charge in [-0.2, -0.15) is 0 Å². The third kappa shape index (κ3) is 3.48. The maximum absolute atomic E-state index is 13.6. The van der Waals surface area contributed by atoms with Crippen LogP contribution >= 0.6 is 11.6 Å². The third-order valence-corrected chi connectivity index (χ3v) is 3.26. The van der Waals surface area contributed by atoms with Crippen LogP contribution in [0.3, 0.4) is 0 Å². The number of nitrogens with two attached hydrogens (primary N) is 1. The minimum Gasteiger partial charge on any atom is -0.488 e. The Labute approximate surface area is 125 Å². The van der Waals surface area contributed by atoms with Gasteiger partial charge in [0.15, 0.2) is 0 Å². The molecule has 5 nitrogen and oxygen atoms in total. The van der Waals surface area contributed by atoms with E-state index in [1.807, 2.05) is 0 Å². The van der Waals surface area contributed by atoms with E-state index in [1.54, 1.807) is 6.07 Å². The molecule has 0 unspecified atom stereocenters. The van der Waals surface area contributed by atoms with Crippen LogP contribution in [-0.2, 0) is 13.2 Å². The van der Waals surface area contributed by atoms with Crippen molar-refractivity contribution in [1.29, 1.82) is 0 Å². The van der Waals surface area contributed by atoms with Gasteiger partial charge in [0.2, 0.25) is 0 Å². The Hall–Kier alpha value is -2.18. The number of non-ortho nitro benzene ring substituents is 1. The molecule has 0 aliphatic carbocycles. The van der Waals surface area contributed by atoms with Crippen LogP contribution < -0.4 is 10.5 Å². The first kappa shape index (κ1) is 15.2. The highest BCUT2D eigenvalue weighted by Crippen LogP contribution is 2.26. The van der Waals surface area contributed by atoms with Crippen LogP contribution in [-0.4, -0.2) is 4.92 Å². The van der Waals surface area contributed by atoms with E-state index in [-0.39, 0.29) is 29.4 Å². The molecule has 0 heterocycles. The number of hydrogen-bond donors (Lipinski definition) is 1. The van der Waals surface area contributed by atoms with E-state index in [2.05, 4.69) is 0 Å². The average molecular weight is 311 g/mol. The predicted octanol–water partition coefficient (Wildman–Crippen LogP) is 3.43. The summed E-state index contributed by atoms with van der Waals surface area (Å²) in [5.74, 6) is -0.110. The largest absolute Gasteiger partial charge is 0.488 e. The van der Waals surface area contributed by atoms with Crippen molar-refractivity contribution < 1.29 is 14.1 Å². The van der Waals surface area contributed by atoms with Gasteiger partial charge >= 0.3 is 0 Å². The summed E-state index contributed by atoms with van der Waals surface area (Å²) >= 11 is 5.90. The van der Waals surface area contributed by atoms with Crippen LogP contribution in [0, 0.1) is 15.9 Å². The number of benzene rings is 2. The Morgan fingerprint density at radius 1 is 1.33 bits per heavy atom. The van der Waals surface area contributed by atoms with Crippen LogP contribution in [0.25, 0.3) is 0 Å². The van der Waals surface area contributed by atoms with Gasteiger partial charge in [-0.3, -0.25) is 10.1 Å². The minimum absolute atomic E-state index is 0.0714. The summed E-state index contributed by atoms with van der Waals surface area (Å²) in [6, 6.07) is 8.41. The number of nitro groups is 1. The molecule has 7 heteroatoms. The Morgan fingerprint density at radius 3 is 2.71 bits per heavy atom. The molecule has 0 atom stereocenters. The number of hydrogen-bond acceptors (Lipinski definition) is 4. The van der Waals surface area contributed by atoms with Crippen LogP contribution in [0.5, 0.6) is 5.75 Å². The number of halogens is 2. The third-order valence-electron chi connectivity index (χ3n) is 2.91. The highest BCUT2D eigenvalue weighted by Gasteiger charge is 2.13. The van der Waals surface area contributed by atoms with Gasteiger partial charge in [-0.25, -0.2) is 4.39 Å². The van der Waals surface area contributed by atoms with Crippen molar-refractivity contribution in [2.45, 2.75) is 13.2 Å². The van der Waals surface area contributed by atoms with Crippen molar-refractivity contribution in [3.8, 4) is 5.75 Å². The fourth-order valence-electron chi connectivity index (χ4n) is 1.80. The van der Waals surface area contributed by atoms with E-state index >= 15 is 0 Å². The molecule has 0 aromatic heterocycles. The summed E-state index contributed by atoms with van der Waals surface area (Å²) < 4.78 is 19.1. The minimum atomic E-state index is -0.517. The molecule has 0 saturated carbocycles. The molecular formula is C14H12ClFN2O3. The fourth-order valence-corrected chi connectivity index (χ4v) is 2.02. The van der Waals surface area contributed by atoms with Gasteiger partial charge < -0.3 is 10.5 Å². The normalized spacial score (nSPS) is 10.4. The van der Waals surface area contributed by atoms with E-state index in [9.17, 15) is 14.5 Å². The standard InChI is InChI=1S/C14H12ClFN2O3/c15-12-2-1-3-13(16)11(12)8-21-14-5-4-10(18(19)20)6-9(14)7-17/h1-6H,7-8,17H2. The first-order valence-electron chi connectivity index (χ1n) is 6.06. The smallest absolute Gasteiger partial charge is 0.270 e. The molecule has 2 rings (SSSR count). The lowest BCUT2D eigenvalue weighted by Gasteiger charge is -2.11. The lowest BCUT2D eigenvalue weighted by molar-refractivity contribution is -0.384. The summed E-state index contributed by atoms with van der Waals surface area (Å²) in [6.45, 7) is -0.0155. The summed E-state index contributed by atoms with van der Waals surface area (Å²) in [5, 5.41) is 11.0. The quantitative estimate of drug-likeness (QED) is 0.678. The summed E-state index contributed by atoms with van der Waals surface area (Å²) in [7, 11) is 0. The van der Waals surface area contributed by atoms with E-state index in [1.165, 1.54) is 30.3 Å². The van der Waals surface area contributed by atoms with Gasteiger partial charge in [-0.1, -0.05) is 17.7 Å². The van der Waals surface area contributed by atoms with E-state index < -0.39 is 10.7 Å². The Balaban J connectivity index is 2.22. The molecule has 0 saturated heterocycles. The zero-order valence-electron chi connectivity index (χ0n) is 10.9. The van der Waals surface area contributed by atoms with Crippen LogP contribution in [0.15, 0.2) is 36.4 Å². The van der Waals surface area contributed by atoms with Crippen molar-refractivity contribution in [2.24, 2.45) is 5.73 Å². The zero-order chi connectivity index (χ0) is 15.4. The second-order valence-electron chi connectivity index (χ2n) is 4.24. The molecule has 2 aromatic carbocycles. The van der Waals surface area contributed by atoms with Crippen molar-refractivity contribution in [2.75, 3.05) is 0 Å². The van der Waals surface area contributed by atoms with Gasteiger partial charge in [-0.15, -0.1) is 0 Å². The van der Waals surface area contributed by atoms with Crippen molar-refractivity contribution >= 4 is 17.3 Å². The molecule has 2 aromatic rings. The van der Waals surface area contributed by atoms with Crippen molar-refractivity contribution in [3.05, 3.63) is 68.5 Å². The van der Waals surface area contributed by atoms with Crippen LogP contribution in [0.1, 0.15) is 11.1 Å². The summed E-state index contributed by atoms with van der Waals surface area (Å²) in [4.78, 5) is 10.2. The molecule has 0 radical (unpaired) electrons. The van der Waals surface area contributed by atoms with Crippen LogP contribution in [0.4, 0.5) is 10.1 Å². The number of rotatable bonds is 5. The second-order valence-corrected chi connectivity index (χ2v) is 4.65. The summed E-state index contributed by atoms with van der Waals surface area (Å²) in [5.41, 5.74) is 6.16. The molecule has 21 heavy (non-hydrogen) atoms. The fraction of sp³-hybridized carbons (Fsp3) is 0.143. The molecular weight excluding hydrogens is 299 g/mol. The highest BCUT2D eigenvalue weighted by molar-refractivity contribution is 6.31. The lowest BCUT2D eigenvalue weighted by atomic mass is 10.1. The molecule has 110 valence electrons. The maximum Gasteiger partial charge on any atom is 0.270 e. The van der Waals surface area contributed by atoms with E-state index in [4.69, 9.17) is 22.1 Å². The van der Waals surface area contributed by atoms with Gasteiger partial charge in [0, 0.05) is 29.8 Å². The number of nitro benzene ring substituents is 1. The Kier molecular flexibility index (Phi) is 4.72. The lowest BCUT2D eigenvalue weighted by Crippen LogP contribution is -2.05.